The lowest BCUT2D eigenvalue weighted by molar-refractivity contribution is -0.122. The average molecular weight is 396 g/mol. The summed E-state index contributed by atoms with van der Waals surface area (Å²) >= 11 is 0. The van der Waals surface area contributed by atoms with E-state index in [2.05, 4.69) is 5.32 Å². The van der Waals surface area contributed by atoms with E-state index < -0.39 is 5.92 Å². The molecule has 0 aromatic heterocycles. The first-order valence-electron chi connectivity index (χ1n) is 9.54. The Hall–Kier alpha value is -3.35. The third-order valence-electron chi connectivity index (χ3n) is 4.69. The maximum atomic E-state index is 12.6. The molecule has 1 saturated heterocycles. The first-order valence-corrected chi connectivity index (χ1v) is 9.54. The van der Waals surface area contributed by atoms with Gasteiger partial charge in [0.1, 0.15) is 5.75 Å². The summed E-state index contributed by atoms with van der Waals surface area (Å²) in [5.41, 5.74) is 1.70. The second-order valence-electron chi connectivity index (χ2n) is 6.81. The second-order valence-corrected chi connectivity index (χ2v) is 6.81. The largest absolute Gasteiger partial charge is 0.497 e. The Labute approximate surface area is 169 Å². The summed E-state index contributed by atoms with van der Waals surface area (Å²) in [6.45, 7) is 2.60. The zero-order chi connectivity index (χ0) is 20.8. The summed E-state index contributed by atoms with van der Waals surface area (Å²) in [6, 6.07) is 13.7. The zero-order valence-electron chi connectivity index (χ0n) is 16.5. The fourth-order valence-electron chi connectivity index (χ4n) is 3.12. The van der Waals surface area contributed by atoms with Gasteiger partial charge in [-0.15, -0.1) is 0 Å². The van der Waals surface area contributed by atoms with Crippen LogP contribution in [0.5, 0.6) is 5.75 Å². The van der Waals surface area contributed by atoms with Crippen LogP contribution in [-0.2, 0) is 14.3 Å². The van der Waals surface area contributed by atoms with Gasteiger partial charge in [0.15, 0.2) is 0 Å². The number of carbonyl (C=O) groups is 3. The molecule has 1 aliphatic heterocycles. The van der Waals surface area contributed by atoms with E-state index in [-0.39, 0.29) is 24.2 Å². The molecular weight excluding hydrogens is 372 g/mol. The fraction of sp³-hybridized carbons (Fsp3) is 0.318. The van der Waals surface area contributed by atoms with Crippen molar-refractivity contribution < 1.29 is 23.9 Å². The molecule has 152 valence electrons. The Balaban J connectivity index is 1.61. The van der Waals surface area contributed by atoms with E-state index in [1.807, 2.05) is 19.1 Å². The molecule has 1 atom stereocenters. The quantitative estimate of drug-likeness (QED) is 0.726. The highest BCUT2D eigenvalue weighted by atomic mass is 16.5. The van der Waals surface area contributed by atoms with Gasteiger partial charge in [0.25, 0.3) is 0 Å². The van der Waals surface area contributed by atoms with Crippen molar-refractivity contribution >= 4 is 29.2 Å². The van der Waals surface area contributed by atoms with E-state index in [9.17, 15) is 14.4 Å². The van der Waals surface area contributed by atoms with Gasteiger partial charge in [0.2, 0.25) is 11.8 Å². The van der Waals surface area contributed by atoms with Gasteiger partial charge in [0, 0.05) is 30.4 Å². The molecule has 2 aromatic rings. The van der Waals surface area contributed by atoms with Crippen molar-refractivity contribution in [2.45, 2.75) is 19.8 Å². The van der Waals surface area contributed by atoms with E-state index in [1.165, 1.54) is 0 Å². The molecule has 0 unspecified atom stereocenters. The highest BCUT2D eigenvalue weighted by molar-refractivity contribution is 6.03. The molecule has 2 amide bonds. The lowest BCUT2D eigenvalue weighted by Crippen LogP contribution is -2.28. The number of ether oxygens (including phenoxy) is 2. The highest BCUT2D eigenvalue weighted by Crippen LogP contribution is 2.28. The Morgan fingerprint density at radius 1 is 1.17 bits per heavy atom. The summed E-state index contributed by atoms with van der Waals surface area (Å²) in [4.78, 5) is 38.4. The number of benzene rings is 2. The predicted molar refractivity (Wildman–Crippen MR) is 109 cm³/mol. The van der Waals surface area contributed by atoms with Crippen LogP contribution >= 0.6 is 0 Å². The molecule has 0 bridgehead atoms. The summed E-state index contributed by atoms with van der Waals surface area (Å²) in [5, 5.41) is 2.81. The number of amides is 2. The monoisotopic (exact) mass is 396 g/mol. The third kappa shape index (κ3) is 4.93. The number of esters is 1. The molecular formula is C22H24N2O5. The molecule has 0 saturated carbocycles. The van der Waals surface area contributed by atoms with Gasteiger partial charge in [0.05, 0.1) is 25.2 Å². The van der Waals surface area contributed by atoms with Gasteiger partial charge in [-0.05, 0) is 42.8 Å². The lowest BCUT2D eigenvalue weighted by atomic mass is 10.1. The van der Waals surface area contributed by atoms with Gasteiger partial charge in [-0.25, -0.2) is 4.79 Å². The van der Waals surface area contributed by atoms with Crippen LogP contribution in [0.3, 0.4) is 0 Å². The number of nitrogens with one attached hydrogen (secondary N) is 1. The summed E-state index contributed by atoms with van der Waals surface area (Å²) in [6.07, 6.45) is 0.900. The number of rotatable bonds is 7. The van der Waals surface area contributed by atoms with Crippen molar-refractivity contribution in [1.29, 1.82) is 0 Å². The van der Waals surface area contributed by atoms with E-state index >= 15 is 0 Å². The van der Waals surface area contributed by atoms with E-state index in [0.717, 1.165) is 6.42 Å². The molecule has 0 aliphatic carbocycles. The zero-order valence-corrected chi connectivity index (χ0v) is 16.5. The molecule has 0 spiro atoms. The first-order chi connectivity index (χ1) is 14.0. The molecule has 3 rings (SSSR count). The van der Waals surface area contributed by atoms with Crippen LogP contribution < -0.4 is 15.0 Å². The molecule has 1 N–H and O–H groups in total. The second kappa shape index (κ2) is 9.23. The molecule has 7 nitrogen and oxygen atoms in total. The summed E-state index contributed by atoms with van der Waals surface area (Å²) < 4.78 is 10.3. The van der Waals surface area contributed by atoms with Crippen LogP contribution in [0.15, 0.2) is 48.5 Å². The van der Waals surface area contributed by atoms with Gasteiger partial charge in [-0.3, -0.25) is 9.59 Å². The fourth-order valence-corrected chi connectivity index (χ4v) is 3.12. The van der Waals surface area contributed by atoms with Gasteiger partial charge in [-0.1, -0.05) is 13.0 Å². The van der Waals surface area contributed by atoms with Crippen molar-refractivity contribution in [3.63, 3.8) is 0 Å². The van der Waals surface area contributed by atoms with Crippen LogP contribution in [0.25, 0.3) is 0 Å². The molecule has 1 heterocycles. The Bertz CT molecular complexity index is 894. The van der Waals surface area contributed by atoms with Crippen molar-refractivity contribution in [3.05, 3.63) is 54.1 Å². The minimum Gasteiger partial charge on any atom is -0.497 e. The van der Waals surface area contributed by atoms with Crippen LogP contribution in [0.1, 0.15) is 30.1 Å². The number of nitrogens with zero attached hydrogens (tertiary/aromatic N) is 1. The van der Waals surface area contributed by atoms with Crippen molar-refractivity contribution in [2.24, 2.45) is 5.92 Å². The Morgan fingerprint density at radius 2 is 1.93 bits per heavy atom. The van der Waals surface area contributed by atoms with Crippen LogP contribution in [0, 0.1) is 5.92 Å². The Kier molecular flexibility index (Phi) is 6.49. The minimum absolute atomic E-state index is 0.104. The molecule has 7 heteroatoms. The van der Waals surface area contributed by atoms with Gasteiger partial charge < -0.3 is 19.7 Å². The van der Waals surface area contributed by atoms with Gasteiger partial charge in [-0.2, -0.15) is 0 Å². The lowest BCUT2D eigenvalue weighted by Gasteiger charge is -2.17. The van der Waals surface area contributed by atoms with Crippen LogP contribution in [-0.4, -0.2) is 38.0 Å². The number of hydrogen-bond acceptors (Lipinski definition) is 5. The third-order valence-corrected chi connectivity index (χ3v) is 4.69. The van der Waals surface area contributed by atoms with E-state index in [4.69, 9.17) is 9.47 Å². The predicted octanol–water partition coefficient (Wildman–Crippen LogP) is 3.25. The van der Waals surface area contributed by atoms with E-state index in [1.54, 1.807) is 48.4 Å². The standard InChI is InChI=1S/C22H24N2O5/c1-3-11-29-22(27)15-7-9-17(10-8-15)23-21(26)16-12-20(25)24(14-16)18-5-4-6-19(13-18)28-2/h4-10,13,16H,3,11-12,14H2,1-2H3,(H,23,26)/t16-/m1/s1. The van der Waals surface area contributed by atoms with Crippen LogP contribution in [0.2, 0.25) is 0 Å². The molecule has 1 aliphatic rings. The number of anilines is 2. The molecule has 1 fully saturated rings. The summed E-state index contributed by atoms with van der Waals surface area (Å²) in [7, 11) is 1.57. The SMILES string of the molecule is CCCOC(=O)c1ccc(NC(=O)[C@@H]2CC(=O)N(c3cccc(OC)c3)C2)cc1. The molecule has 2 aromatic carbocycles. The topological polar surface area (TPSA) is 84.9 Å². The van der Waals surface area contributed by atoms with Crippen LogP contribution in [0.4, 0.5) is 11.4 Å². The number of hydrogen-bond donors (Lipinski definition) is 1. The number of carbonyl (C=O) groups excluding carboxylic acids is 3. The van der Waals surface area contributed by atoms with Crippen molar-refractivity contribution in [2.75, 3.05) is 30.5 Å². The summed E-state index contributed by atoms with van der Waals surface area (Å²) in [5.74, 6) is -0.527. The van der Waals surface area contributed by atoms with E-state index in [0.29, 0.717) is 35.8 Å². The normalized spacial score (nSPS) is 15.9. The minimum atomic E-state index is -0.456. The van der Waals surface area contributed by atoms with Gasteiger partial charge >= 0.3 is 5.97 Å². The number of methoxy groups -OCH3 is 1. The first kappa shape index (κ1) is 20.4. The molecule has 29 heavy (non-hydrogen) atoms. The highest BCUT2D eigenvalue weighted by Gasteiger charge is 2.35. The van der Waals surface area contributed by atoms with Crippen molar-refractivity contribution in [3.8, 4) is 5.75 Å². The Morgan fingerprint density at radius 3 is 2.62 bits per heavy atom. The average Bonchev–Trinajstić information content (AvgIpc) is 3.14. The molecule has 0 radical (unpaired) electrons. The van der Waals surface area contributed by atoms with Crippen molar-refractivity contribution in [1.82, 2.24) is 0 Å². The maximum absolute atomic E-state index is 12.6. The smallest absolute Gasteiger partial charge is 0.338 e. The maximum Gasteiger partial charge on any atom is 0.338 e.